The summed E-state index contributed by atoms with van der Waals surface area (Å²) in [4.78, 5) is 0. The second-order valence-corrected chi connectivity index (χ2v) is 10.4. The zero-order chi connectivity index (χ0) is 13.9. The molecule has 0 atom stereocenters. The predicted molar refractivity (Wildman–Crippen MR) is 77.7 cm³/mol. The van der Waals surface area contributed by atoms with Crippen molar-refractivity contribution >= 4 is 35.6 Å². The van der Waals surface area contributed by atoms with E-state index in [-0.39, 0.29) is 22.7 Å². The summed E-state index contributed by atoms with van der Waals surface area (Å²) in [7, 11) is -6.51. The number of alkyl halides is 1. The molecule has 7 heteroatoms. The molecule has 4 nitrogen and oxygen atoms in total. The quantitative estimate of drug-likeness (QED) is 0.677. The molecule has 0 aromatic carbocycles. The molecule has 0 saturated heterocycles. The average molecular weight is 361 g/mol. The van der Waals surface area contributed by atoms with E-state index in [4.69, 9.17) is 0 Å². The van der Waals surface area contributed by atoms with Crippen LogP contribution >= 0.6 is 15.9 Å². The first-order chi connectivity index (χ1) is 8.18. The van der Waals surface area contributed by atoms with Crippen LogP contribution in [0.3, 0.4) is 0 Å². The Morgan fingerprint density at radius 2 is 1.56 bits per heavy atom. The summed E-state index contributed by atoms with van der Waals surface area (Å²) in [5.74, 6) is -0.408. The number of halogens is 1. The normalized spacial score (nSPS) is 20.8. The van der Waals surface area contributed by atoms with Gasteiger partial charge in [0.1, 0.15) is 9.84 Å². The summed E-state index contributed by atoms with van der Waals surface area (Å²) >= 11 is 3.43. The second-order valence-electron chi connectivity index (χ2n) is 5.42. The third-order valence-electron chi connectivity index (χ3n) is 3.49. The molecule has 0 amide bonds. The minimum atomic E-state index is -3.29. The Labute approximate surface area is 119 Å². The van der Waals surface area contributed by atoms with Crippen LogP contribution in [0.15, 0.2) is 0 Å². The van der Waals surface area contributed by atoms with Gasteiger partial charge in [-0.25, -0.2) is 16.8 Å². The van der Waals surface area contributed by atoms with Gasteiger partial charge in [0.15, 0.2) is 9.84 Å². The van der Waals surface area contributed by atoms with Gasteiger partial charge >= 0.3 is 0 Å². The molecule has 1 aliphatic rings. The fourth-order valence-electron chi connectivity index (χ4n) is 2.44. The Kier molecular flexibility index (Phi) is 5.68. The van der Waals surface area contributed by atoms with Gasteiger partial charge in [0, 0.05) is 11.6 Å². The van der Waals surface area contributed by atoms with Gasteiger partial charge in [0.2, 0.25) is 0 Å². The summed E-state index contributed by atoms with van der Waals surface area (Å²) < 4.78 is 46.1. The van der Waals surface area contributed by atoms with Crippen molar-refractivity contribution in [2.45, 2.75) is 32.1 Å². The minimum Gasteiger partial charge on any atom is -0.229 e. The summed E-state index contributed by atoms with van der Waals surface area (Å²) in [5.41, 5.74) is -0.186. The van der Waals surface area contributed by atoms with Crippen molar-refractivity contribution in [1.29, 1.82) is 0 Å². The van der Waals surface area contributed by atoms with Crippen LogP contribution < -0.4 is 0 Å². The molecule has 0 N–H and O–H groups in total. The molecule has 0 aliphatic heterocycles. The maximum atomic E-state index is 12.0. The number of hydrogen-bond acceptors (Lipinski definition) is 4. The van der Waals surface area contributed by atoms with E-state index < -0.39 is 19.7 Å². The maximum absolute atomic E-state index is 12.0. The van der Waals surface area contributed by atoms with Crippen LogP contribution in [0.1, 0.15) is 32.1 Å². The van der Waals surface area contributed by atoms with E-state index in [0.29, 0.717) is 5.33 Å². The van der Waals surface area contributed by atoms with Gasteiger partial charge < -0.3 is 0 Å². The van der Waals surface area contributed by atoms with Crippen LogP contribution in [0.4, 0.5) is 0 Å². The lowest BCUT2D eigenvalue weighted by molar-refractivity contribution is 0.256. The largest absolute Gasteiger partial charge is 0.229 e. The molecule has 108 valence electrons. The number of sulfone groups is 2. The van der Waals surface area contributed by atoms with E-state index in [1.807, 2.05) is 0 Å². The highest BCUT2D eigenvalue weighted by atomic mass is 79.9. The molecule has 1 saturated carbocycles. The lowest BCUT2D eigenvalue weighted by atomic mass is 9.77. The van der Waals surface area contributed by atoms with Crippen LogP contribution in [0, 0.1) is 5.41 Å². The summed E-state index contributed by atoms with van der Waals surface area (Å²) in [6.45, 7) is 0. The van der Waals surface area contributed by atoms with E-state index in [9.17, 15) is 16.8 Å². The lowest BCUT2D eigenvalue weighted by Gasteiger charge is -2.35. The van der Waals surface area contributed by atoms with E-state index in [0.717, 1.165) is 38.4 Å². The average Bonchev–Trinajstić information content (AvgIpc) is 2.27. The summed E-state index contributed by atoms with van der Waals surface area (Å²) in [5, 5.41) is 0.679. The zero-order valence-corrected chi connectivity index (χ0v) is 13.9. The Morgan fingerprint density at radius 1 is 1.00 bits per heavy atom. The lowest BCUT2D eigenvalue weighted by Crippen LogP contribution is -2.36. The standard InChI is InChI=1S/C11H21BrO4S2/c1-17(13,14)7-8-18(15,16)10-11(9-12)5-3-2-4-6-11/h2-10H2,1H3. The van der Waals surface area contributed by atoms with Crippen molar-refractivity contribution in [2.75, 3.05) is 28.8 Å². The van der Waals surface area contributed by atoms with Crippen LogP contribution in [0.25, 0.3) is 0 Å². The molecule has 0 bridgehead atoms. The zero-order valence-electron chi connectivity index (χ0n) is 10.7. The fourth-order valence-corrected chi connectivity index (χ4v) is 7.15. The molecule has 1 fully saturated rings. The van der Waals surface area contributed by atoms with Crippen LogP contribution in [0.2, 0.25) is 0 Å². The van der Waals surface area contributed by atoms with Gasteiger partial charge in [-0.1, -0.05) is 35.2 Å². The van der Waals surface area contributed by atoms with Gasteiger partial charge in [-0.3, -0.25) is 0 Å². The molecule has 0 spiro atoms. The first-order valence-electron chi connectivity index (χ1n) is 6.12. The highest BCUT2D eigenvalue weighted by molar-refractivity contribution is 9.09. The van der Waals surface area contributed by atoms with Gasteiger partial charge in [-0.15, -0.1) is 0 Å². The van der Waals surface area contributed by atoms with Crippen molar-refractivity contribution in [3.63, 3.8) is 0 Å². The Balaban J connectivity index is 2.68. The Morgan fingerprint density at radius 3 is 2.00 bits per heavy atom. The third-order valence-corrected chi connectivity index (χ3v) is 7.76. The van der Waals surface area contributed by atoms with Crippen molar-refractivity contribution < 1.29 is 16.8 Å². The van der Waals surface area contributed by atoms with Crippen molar-refractivity contribution in [3.05, 3.63) is 0 Å². The number of hydrogen-bond donors (Lipinski definition) is 0. The van der Waals surface area contributed by atoms with Gasteiger partial charge in [-0.2, -0.15) is 0 Å². The number of rotatable bonds is 6. The van der Waals surface area contributed by atoms with Crippen molar-refractivity contribution in [3.8, 4) is 0 Å². The van der Waals surface area contributed by atoms with Crippen molar-refractivity contribution in [1.82, 2.24) is 0 Å². The highest BCUT2D eigenvalue weighted by Gasteiger charge is 2.35. The predicted octanol–water partition coefficient (Wildman–Crippen LogP) is 1.79. The van der Waals surface area contributed by atoms with Gasteiger partial charge in [0.25, 0.3) is 0 Å². The molecule has 18 heavy (non-hydrogen) atoms. The third kappa shape index (κ3) is 5.57. The molecule has 1 aliphatic carbocycles. The van der Waals surface area contributed by atoms with Crippen LogP contribution in [-0.4, -0.2) is 45.7 Å². The van der Waals surface area contributed by atoms with E-state index in [1.165, 1.54) is 0 Å². The Hall–Kier alpha value is 0.380. The van der Waals surface area contributed by atoms with Gasteiger partial charge in [-0.05, 0) is 18.3 Å². The minimum absolute atomic E-state index is 0.112. The van der Waals surface area contributed by atoms with Crippen molar-refractivity contribution in [2.24, 2.45) is 5.41 Å². The van der Waals surface area contributed by atoms with E-state index in [1.54, 1.807) is 0 Å². The van der Waals surface area contributed by atoms with E-state index in [2.05, 4.69) is 15.9 Å². The second kappa shape index (κ2) is 6.22. The highest BCUT2D eigenvalue weighted by Crippen LogP contribution is 2.39. The molecule has 0 unspecified atom stereocenters. The molecule has 0 heterocycles. The maximum Gasteiger partial charge on any atom is 0.151 e. The topological polar surface area (TPSA) is 68.3 Å². The van der Waals surface area contributed by atoms with Crippen LogP contribution in [0.5, 0.6) is 0 Å². The molecular weight excluding hydrogens is 340 g/mol. The molecule has 0 radical (unpaired) electrons. The smallest absolute Gasteiger partial charge is 0.151 e. The van der Waals surface area contributed by atoms with Gasteiger partial charge in [0.05, 0.1) is 17.3 Å². The molecule has 1 rings (SSSR count). The molecular formula is C11H21BrO4S2. The molecule has 0 aromatic rings. The first kappa shape index (κ1) is 16.4. The first-order valence-corrected chi connectivity index (χ1v) is 11.1. The molecule has 0 aromatic heterocycles. The monoisotopic (exact) mass is 360 g/mol. The van der Waals surface area contributed by atoms with Crippen LogP contribution in [-0.2, 0) is 19.7 Å². The Bertz CT molecular complexity index is 461. The van der Waals surface area contributed by atoms with E-state index >= 15 is 0 Å². The SMILES string of the molecule is CS(=O)(=O)CCS(=O)(=O)CC1(CBr)CCCCC1. The fraction of sp³-hybridized carbons (Fsp3) is 1.00. The summed E-state index contributed by atoms with van der Waals surface area (Å²) in [6, 6.07) is 0. The summed E-state index contributed by atoms with van der Waals surface area (Å²) in [6.07, 6.45) is 6.19.